The summed E-state index contributed by atoms with van der Waals surface area (Å²) in [6.45, 7) is 1.84. The summed E-state index contributed by atoms with van der Waals surface area (Å²) in [6, 6.07) is 16.8. The Morgan fingerprint density at radius 1 is 1.03 bits per heavy atom. The molecule has 2 aromatic heterocycles. The number of amides is 1. The minimum atomic E-state index is -0.0812. The van der Waals surface area contributed by atoms with Gasteiger partial charge in [0.2, 0.25) is 5.91 Å². The summed E-state index contributed by atoms with van der Waals surface area (Å²) in [7, 11) is 1.62. The van der Waals surface area contributed by atoms with Crippen LogP contribution in [0.1, 0.15) is 11.4 Å². The second-order valence-corrected chi connectivity index (χ2v) is 6.90. The van der Waals surface area contributed by atoms with Crippen molar-refractivity contribution in [3.63, 3.8) is 0 Å². The summed E-state index contributed by atoms with van der Waals surface area (Å²) in [6.07, 6.45) is 5.51. The zero-order valence-corrected chi connectivity index (χ0v) is 17.2. The maximum Gasteiger partial charge on any atom is 0.228 e. The van der Waals surface area contributed by atoms with Crippen molar-refractivity contribution in [1.29, 1.82) is 0 Å². The molecule has 4 rings (SSSR count). The molecule has 1 amide bonds. The highest BCUT2D eigenvalue weighted by atomic mass is 16.5. The number of carbonyl (C=O) groups is 1. The summed E-state index contributed by atoms with van der Waals surface area (Å²) < 4.78 is 6.96. The first-order valence-electron chi connectivity index (χ1n) is 9.73. The van der Waals surface area contributed by atoms with Crippen molar-refractivity contribution >= 4 is 23.1 Å². The van der Waals surface area contributed by atoms with E-state index >= 15 is 0 Å². The van der Waals surface area contributed by atoms with E-state index in [0.717, 1.165) is 28.5 Å². The van der Waals surface area contributed by atoms with Crippen molar-refractivity contribution in [2.45, 2.75) is 13.3 Å². The van der Waals surface area contributed by atoms with E-state index in [9.17, 15) is 4.79 Å². The third-order valence-corrected chi connectivity index (χ3v) is 4.56. The number of nitrogens with zero attached hydrogens (tertiary/aromatic N) is 4. The van der Waals surface area contributed by atoms with Gasteiger partial charge < -0.3 is 15.4 Å². The van der Waals surface area contributed by atoms with Gasteiger partial charge in [-0.05, 0) is 48.9 Å². The number of rotatable bonds is 7. The largest absolute Gasteiger partial charge is 0.497 e. The topological polar surface area (TPSA) is 94.0 Å². The van der Waals surface area contributed by atoms with Gasteiger partial charge >= 0.3 is 0 Å². The molecule has 0 radical (unpaired) electrons. The number of carbonyl (C=O) groups excluding carboxylic acids is 1. The standard InChI is InChI=1S/C23H22N6O2/c1-16-25-21(14-22(26-16)29-12-11-24-15-29)27-18-5-7-19(8-6-18)28-23(30)13-17-3-9-20(31-2)10-4-17/h3-12,14-15H,13H2,1-2H3,(H,28,30)(H,25,26,27). The van der Waals surface area contributed by atoms with Gasteiger partial charge in [-0.15, -0.1) is 0 Å². The Hall–Kier alpha value is -4.20. The Kier molecular flexibility index (Phi) is 5.89. The van der Waals surface area contributed by atoms with Crippen LogP contribution < -0.4 is 15.4 Å². The van der Waals surface area contributed by atoms with Crippen molar-refractivity contribution in [2.24, 2.45) is 0 Å². The first-order valence-corrected chi connectivity index (χ1v) is 9.73. The number of hydrogen-bond donors (Lipinski definition) is 2. The molecule has 0 unspecified atom stereocenters. The fourth-order valence-corrected chi connectivity index (χ4v) is 3.06. The molecule has 0 saturated heterocycles. The Balaban J connectivity index is 1.38. The number of ether oxygens (including phenoxy) is 1. The second-order valence-electron chi connectivity index (χ2n) is 6.90. The highest BCUT2D eigenvalue weighted by Crippen LogP contribution is 2.20. The molecule has 0 aliphatic rings. The molecule has 31 heavy (non-hydrogen) atoms. The Bertz CT molecular complexity index is 1160. The van der Waals surface area contributed by atoms with Crippen LogP contribution in [0.15, 0.2) is 73.3 Å². The monoisotopic (exact) mass is 414 g/mol. The lowest BCUT2D eigenvalue weighted by atomic mass is 10.1. The molecule has 8 heteroatoms. The second kappa shape index (κ2) is 9.08. The van der Waals surface area contributed by atoms with Crippen molar-refractivity contribution in [3.05, 3.63) is 84.7 Å². The third-order valence-electron chi connectivity index (χ3n) is 4.56. The first-order chi connectivity index (χ1) is 15.1. The fraction of sp³-hybridized carbons (Fsp3) is 0.130. The molecule has 2 aromatic carbocycles. The number of imidazole rings is 1. The van der Waals surface area contributed by atoms with Gasteiger partial charge in [-0.1, -0.05) is 12.1 Å². The van der Waals surface area contributed by atoms with Crippen LogP contribution in [0.25, 0.3) is 5.82 Å². The molecule has 2 heterocycles. The lowest BCUT2D eigenvalue weighted by Gasteiger charge is -2.10. The Labute approximate surface area is 180 Å². The molecular weight excluding hydrogens is 392 g/mol. The van der Waals surface area contributed by atoms with Gasteiger partial charge in [0.1, 0.15) is 29.5 Å². The molecule has 8 nitrogen and oxygen atoms in total. The van der Waals surface area contributed by atoms with E-state index in [-0.39, 0.29) is 5.91 Å². The van der Waals surface area contributed by atoms with Crippen molar-refractivity contribution in [1.82, 2.24) is 19.5 Å². The molecule has 0 atom stereocenters. The molecule has 4 aromatic rings. The summed E-state index contributed by atoms with van der Waals surface area (Å²) >= 11 is 0. The summed E-state index contributed by atoms with van der Waals surface area (Å²) in [5.41, 5.74) is 2.49. The van der Waals surface area contributed by atoms with Crippen LogP contribution in [0, 0.1) is 6.92 Å². The fourth-order valence-electron chi connectivity index (χ4n) is 3.06. The number of nitrogens with one attached hydrogen (secondary N) is 2. The highest BCUT2D eigenvalue weighted by molar-refractivity contribution is 5.92. The maximum atomic E-state index is 12.3. The summed E-state index contributed by atoms with van der Waals surface area (Å²) in [5, 5.41) is 6.18. The average molecular weight is 414 g/mol. The molecule has 0 aliphatic carbocycles. The van der Waals surface area contributed by atoms with Gasteiger partial charge in [-0.3, -0.25) is 9.36 Å². The molecular formula is C23H22N6O2. The maximum absolute atomic E-state index is 12.3. The molecule has 0 bridgehead atoms. The predicted molar refractivity (Wildman–Crippen MR) is 119 cm³/mol. The van der Waals surface area contributed by atoms with Gasteiger partial charge in [0, 0.05) is 29.8 Å². The normalized spacial score (nSPS) is 10.5. The average Bonchev–Trinajstić information content (AvgIpc) is 3.30. The van der Waals surface area contributed by atoms with Gasteiger partial charge in [0.15, 0.2) is 0 Å². The molecule has 0 fully saturated rings. The predicted octanol–water partition coefficient (Wildman–Crippen LogP) is 3.90. The van der Waals surface area contributed by atoms with Crippen molar-refractivity contribution < 1.29 is 9.53 Å². The Morgan fingerprint density at radius 2 is 1.77 bits per heavy atom. The van der Waals surface area contributed by atoms with E-state index in [2.05, 4.69) is 25.6 Å². The van der Waals surface area contributed by atoms with Crippen LogP contribution >= 0.6 is 0 Å². The van der Waals surface area contributed by atoms with Crippen LogP contribution in [-0.2, 0) is 11.2 Å². The third kappa shape index (κ3) is 5.24. The van der Waals surface area contributed by atoms with Crippen LogP contribution in [0.4, 0.5) is 17.2 Å². The van der Waals surface area contributed by atoms with E-state index in [1.54, 1.807) is 19.6 Å². The van der Waals surface area contributed by atoms with Crippen molar-refractivity contribution in [3.8, 4) is 11.6 Å². The SMILES string of the molecule is COc1ccc(CC(=O)Nc2ccc(Nc3cc(-n4ccnc4)nc(C)n3)cc2)cc1. The zero-order valence-electron chi connectivity index (χ0n) is 17.2. The highest BCUT2D eigenvalue weighted by Gasteiger charge is 2.07. The number of anilines is 3. The number of benzene rings is 2. The molecule has 0 aliphatic heterocycles. The van der Waals surface area contributed by atoms with Gasteiger partial charge in [0.05, 0.1) is 13.5 Å². The van der Waals surface area contributed by atoms with E-state index in [4.69, 9.17) is 4.74 Å². The van der Waals surface area contributed by atoms with Gasteiger partial charge in [-0.2, -0.15) is 0 Å². The number of methoxy groups -OCH3 is 1. The lowest BCUT2D eigenvalue weighted by molar-refractivity contribution is -0.115. The lowest BCUT2D eigenvalue weighted by Crippen LogP contribution is -2.14. The van der Waals surface area contributed by atoms with Crippen LogP contribution in [-0.4, -0.2) is 32.5 Å². The summed E-state index contributed by atoms with van der Waals surface area (Å²) in [4.78, 5) is 25.2. The molecule has 2 N–H and O–H groups in total. The van der Waals surface area contributed by atoms with Crippen LogP contribution in [0.2, 0.25) is 0 Å². The smallest absolute Gasteiger partial charge is 0.228 e. The van der Waals surface area contributed by atoms with E-state index in [1.165, 1.54) is 0 Å². The van der Waals surface area contributed by atoms with E-state index < -0.39 is 0 Å². The molecule has 0 spiro atoms. The van der Waals surface area contributed by atoms with Gasteiger partial charge in [0.25, 0.3) is 0 Å². The first kappa shape index (κ1) is 20.1. The molecule has 156 valence electrons. The quantitative estimate of drug-likeness (QED) is 0.476. The molecule has 0 saturated carbocycles. The number of aromatic nitrogens is 4. The Morgan fingerprint density at radius 3 is 2.45 bits per heavy atom. The minimum absolute atomic E-state index is 0.0812. The number of aryl methyl sites for hydroxylation is 1. The summed E-state index contributed by atoms with van der Waals surface area (Å²) in [5.74, 6) is 2.74. The zero-order chi connectivity index (χ0) is 21.6. The van der Waals surface area contributed by atoms with Crippen LogP contribution in [0.3, 0.4) is 0 Å². The van der Waals surface area contributed by atoms with Gasteiger partial charge in [-0.25, -0.2) is 15.0 Å². The van der Waals surface area contributed by atoms with E-state index in [0.29, 0.717) is 18.1 Å². The van der Waals surface area contributed by atoms with Crippen molar-refractivity contribution in [2.75, 3.05) is 17.7 Å². The minimum Gasteiger partial charge on any atom is -0.497 e. The van der Waals surface area contributed by atoms with Crippen LogP contribution in [0.5, 0.6) is 5.75 Å². The van der Waals surface area contributed by atoms with E-state index in [1.807, 2.05) is 72.3 Å². The number of hydrogen-bond acceptors (Lipinski definition) is 6.